The lowest BCUT2D eigenvalue weighted by Gasteiger charge is -2.32. The summed E-state index contributed by atoms with van der Waals surface area (Å²) >= 11 is 0. The van der Waals surface area contributed by atoms with Gasteiger partial charge in [0, 0.05) is 5.46 Å². The van der Waals surface area contributed by atoms with Crippen LogP contribution in [0.15, 0.2) is 18.2 Å². The number of benzene rings is 1. The lowest BCUT2D eigenvalue weighted by molar-refractivity contribution is -0.139. The van der Waals surface area contributed by atoms with Gasteiger partial charge in [0.25, 0.3) is 0 Å². The molecular formula is C13H15BF4O2. The van der Waals surface area contributed by atoms with Crippen LogP contribution in [0.25, 0.3) is 0 Å². The molecular weight excluding hydrogens is 275 g/mol. The van der Waals surface area contributed by atoms with Gasteiger partial charge in [0.05, 0.1) is 18.1 Å². The molecule has 1 aliphatic rings. The van der Waals surface area contributed by atoms with E-state index >= 15 is 0 Å². The molecule has 0 saturated carbocycles. The Morgan fingerprint density at radius 3 is 2.10 bits per heavy atom. The number of halogens is 4. The molecule has 0 atom stereocenters. The van der Waals surface area contributed by atoms with Crippen molar-refractivity contribution in [2.75, 3.05) is 0 Å². The van der Waals surface area contributed by atoms with E-state index < -0.39 is 41.3 Å². The van der Waals surface area contributed by atoms with Gasteiger partial charge >= 0.3 is 13.3 Å². The molecule has 1 aliphatic heterocycles. The van der Waals surface area contributed by atoms with Crippen LogP contribution in [0.4, 0.5) is 17.6 Å². The van der Waals surface area contributed by atoms with E-state index in [1.807, 2.05) is 0 Å². The van der Waals surface area contributed by atoms with Gasteiger partial charge in [-0.1, -0.05) is 12.1 Å². The van der Waals surface area contributed by atoms with Crippen molar-refractivity contribution in [1.29, 1.82) is 0 Å². The van der Waals surface area contributed by atoms with E-state index in [1.54, 1.807) is 27.7 Å². The fourth-order valence-corrected chi connectivity index (χ4v) is 1.85. The van der Waals surface area contributed by atoms with Crippen LogP contribution in [-0.2, 0) is 15.5 Å². The maximum Gasteiger partial charge on any atom is 0.497 e. The van der Waals surface area contributed by atoms with E-state index in [4.69, 9.17) is 10.7 Å². The van der Waals surface area contributed by atoms with Gasteiger partial charge in [-0.15, -0.1) is 0 Å². The van der Waals surface area contributed by atoms with Crippen LogP contribution >= 0.6 is 0 Å². The molecule has 0 radical (unpaired) electrons. The third-order valence-electron chi connectivity index (χ3n) is 3.76. The third-order valence-corrected chi connectivity index (χ3v) is 3.76. The summed E-state index contributed by atoms with van der Waals surface area (Å²) in [6, 6.07) is 1.05. The first kappa shape index (κ1) is 13.9. The van der Waals surface area contributed by atoms with E-state index in [1.165, 1.54) is 0 Å². The summed E-state index contributed by atoms with van der Waals surface area (Å²) in [6.07, 6.45) is -4.84. The standard InChI is InChI=1S/C13H15BF4O2/c1-11(2)12(3,4)20-14(19-11)9-7-5-6-8(10(9)15)13(16,17)18/h5-7H,1-4H3/i7D. The molecule has 110 valence electrons. The highest BCUT2D eigenvalue weighted by molar-refractivity contribution is 6.62. The van der Waals surface area contributed by atoms with Crippen LogP contribution in [0.1, 0.15) is 34.6 Å². The normalized spacial score (nSPS) is 22.0. The minimum atomic E-state index is -4.84. The van der Waals surface area contributed by atoms with Gasteiger partial charge in [-0.25, -0.2) is 4.39 Å². The molecule has 0 unspecified atom stereocenters. The van der Waals surface area contributed by atoms with Crippen molar-refractivity contribution in [1.82, 2.24) is 0 Å². The quantitative estimate of drug-likeness (QED) is 0.584. The molecule has 0 N–H and O–H groups in total. The van der Waals surface area contributed by atoms with E-state index in [-0.39, 0.29) is 6.04 Å². The van der Waals surface area contributed by atoms with Gasteiger partial charge in [0.2, 0.25) is 0 Å². The van der Waals surface area contributed by atoms with Crippen LogP contribution in [0.2, 0.25) is 0 Å². The van der Waals surface area contributed by atoms with Gasteiger partial charge < -0.3 is 9.31 Å². The van der Waals surface area contributed by atoms with Crippen molar-refractivity contribution >= 4 is 12.6 Å². The largest absolute Gasteiger partial charge is 0.497 e. The molecule has 0 bridgehead atoms. The van der Waals surface area contributed by atoms with Crippen LogP contribution in [0, 0.1) is 5.82 Å². The number of alkyl halides is 3. The van der Waals surface area contributed by atoms with Crippen LogP contribution in [0.3, 0.4) is 0 Å². The zero-order chi connectivity index (χ0) is 16.2. The highest BCUT2D eigenvalue weighted by Crippen LogP contribution is 2.37. The fraction of sp³-hybridized carbons (Fsp3) is 0.538. The van der Waals surface area contributed by atoms with E-state index in [9.17, 15) is 17.6 Å². The van der Waals surface area contributed by atoms with Crippen molar-refractivity contribution in [2.45, 2.75) is 45.1 Å². The van der Waals surface area contributed by atoms with Crippen molar-refractivity contribution in [3.63, 3.8) is 0 Å². The molecule has 20 heavy (non-hydrogen) atoms. The molecule has 2 rings (SSSR count). The first-order valence-corrected chi connectivity index (χ1v) is 6.08. The molecule has 7 heteroatoms. The van der Waals surface area contributed by atoms with Crippen molar-refractivity contribution < 1.29 is 28.2 Å². The number of rotatable bonds is 1. The summed E-state index contributed by atoms with van der Waals surface area (Å²) in [5.74, 6) is -1.52. The number of hydrogen-bond donors (Lipinski definition) is 0. The van der Waals surface area contributed by atoms with Gasteiger partial charge in [0.1, 0.15) is 5.82 Å². The Balaban J connectivity index is 2.51. The van der Waals surface area contributed by atoms with Gasteiger partial charge in [-0.3, -0.25) is 0 Å². The molecule has 0 aliphatic carbocycles. The van der Waals surface area contributed by atoms with Crippen molar-refractivity contribution in [3.8, 4) is 0 Å². The zero-order valence-corrected chi connectivity index (χ0v) is 11.6. The maximum absolute atomic E-state index is 14.2. The average Bonchev–Trinajstić information content (AvgIpc) is 2.45. The second kappa shape index (κ2) is 4.46. The highest BCUT2D eigenvalue weighted by Gasteiger charge is 2.53. The molecule has 1 heterocycles. The Labute approximate surface area is 116 Å². The summed E-state index contributed by atoms with van der Waals surface area (Å²) < 4.78 is 71.2. The SMILES string of the molecule is [2H]c1ccc(C(F)(F)F)c(F)c1B1OC(C)(C)C(C)(C)O1. The average molecular weight is 291 g/mol. The predicted octanol–water partition coefficient (Wildman–Crippen LogP) is 3.14. The summed E-state index contributed by atoms with van der Waals surface area (Å²) in [6.45, 7) is 6.79. The molecule has 0 spiro atoms. The molecule has 1 saturated heterocycles. The summed E-state index contributed by atoms with van der Waals surface area (Å²) in [7, 11) is -1.34. The minimum Gasteiger partial charge on any atom is -0.399 e. The predicted molar refractivity (Wildman–Crippen MR) is 67.1 cm³/mol. The lowest BCUT2D eigenvalue weighted by atomic mass is 9.77. The van der Waals surface area contributed by atoms with Crippen LogP contribution < -0.4 is 5.46 Å². The van der Waals surface area contributed by atoms with E-state index in [2.05, 4.69) is 0 Å². The van der Waals surface area contributed by atoms with Crippen molar-refractivity contribution in [2.24, 2.45) is 0 Å². The Hall–Kier alpha value is -1.08. The second-order valence-electron chi connectivity index (χ2n) is 5.71. The number of hydrogen-bond acceptors (Lipinski definition) is 2. The summed E-state index contributed by atoms with van der Waals surface area (Å²) in [5.41, 5.74) is -3.61. The first-order chi connectivity index (χ1) is 9.37. The van der Waals surface area contributed by atoms with Crippen LogP contribution in [0.5, 0.6) is 0 Å². The van der Waals surface area contributed by atoms with Crippen molar-refractivity contribution in [3.05, 3.63) is 29.6 Å². The Morgan fingerprint density at radius 2 is 1.65 bits per heavy atom. The Kier molecular flexibility index (Phi) is 3.10. The van der Waals surface area contributed by atoms with E-state index in [0.29, 0.717) is 6.07 Å². The third kappa shape index (κ3) is 2.44. The lowest BCUT2D eigenvalue weighted by Crippen LogP contribution is -2.41. The Bertz CT molecular complexity index is 556. The zero-order valence-electron chi connectivity index (χ0n) is 12.6. The first-order valence-electron chi connectivity index (χ1n) is 6.58. The molecule has 2 nitrogen and oxygen atoms in total. The maximum atomic E-state index is 14.2. The molecule has 0 amide bonds. The van der Waals surface area contributed by atoms with Gasteiger partial charge in [0.15, 0.2) is 0 Å². The van der Waals surface area contributed by atoms with E-state index in [0.717, 1.165) is 6.07 Å². The summed E-state index contributed by atoms with van der Waals surface area (Å²) in [5, 5.41) is 0. The Morgan fingerprint density at radius 1 is 1.15 bits per heavy atom. The fourth-order valence-electron chi connectivity index (χ4n) is 1.85. The molecule has 1 fully saturated rings. The smallest absolute Gasteiger partial charge is 0.399 e. The second-order valence-corrected chi connectivity index (χ2v) is 5.71. The molecule has 1 aromatic carbocycles. The molecule has 0 aromatic heterocycles. The topological polar surface area (TPSA) is 18.5 Å². The van der Waals surface area contributed by atoms with Gasteiger partial charge in [-0.05, 0) is 33.8 Å². The minimum absolute atomic E-state index is 0.390. The van der Waals surface area contributed by atoms with Crippen LogP contribution in [-0.4, -0.2) is 18.3 Å². The van der Waals surface area contributed by atoms with Gasteiger partial charge in [-0.2, -0.15) is 13.2 Å². The molecule has 1 aromatic rings. The summed E-state index contributed by atoms with van der Waals surface area (Å²) in [4.78, 5) is 0. The monoisotopic (exact) mass is 291 g/mol. The highest BCUT2D eigenvalue weighted by atomic mass is 19.4.